The number of aryl methyl sites for hydroxylation is 1. The van der Waals surface area contributed by atoms with E-state index in [9.17, 15) is 9.59 Å². The van der Waals surface area contributed by atoms with Crippen molar-refractivity contribution in [3.05, 3.63) is 59.4 Å². The van der Waals surface area contributed by atoms with Crippen LogP contribution in [0.3, 0.4) is 0 Å². The lowest BCUT2D eigenvalue weighted by molar-refractivity contribution is 0.00470. The highest BCUT2D eigenvalue weighted by molar-refractivity contribution is 5.96. The Labute approximate surface area is 147 Å². The SMILES string of the molecule is Cn1cc(C(N)=O)cc1C(=O)O[C@H]1CCCN(Cc2ccccc2)C1. The second-order valence-corrected chi connectivity index (χ2v) is 6.48. The van der Waals surface area contributed by atoms with Gasteiger partial charge in [0.1, 0.15) is 11.8 Å². The molecule has 2 aromatic rings. The lowest BCUT2D eigenvalue weighted by Gasteiger charge is -2.32. The number of nitrogens with zero attached hydrogens (tertiary/aromatic N) is 2. The molecule has 1 aromatic heterocycles. The molecule has 1 fully saturated rings. The maximum atomic E-state index is 12.4. The van der Waals surface area contributed by atoms with Gasteiger partial charge < -0.3 is 15.0 Å². The Balaban J connectivity index is 1.60. The molecule has 1 saturated heterocycles. The molecule has 0 bridgehead atoms. The lowest BCUT2D eigenvalue weighted by Crippen LogP contribution is -2.40. The zero-order valence-electron chi connectivity index (χ0n) is 14.4. The van der Waals surface area contributed by atoms with Crippen LogP contribution in [-0.4, -0.2) is 40.5 Å². The van der Waals surface area contributed by atoms with Crippen molar-refractivity contribution in [3.63, 3.8) is 0 Å². The molecule has 0 radical (unpaired) electrons. The normalized spacial score (nSPS) is 18.0. The summed E-state index contributed by atoms with van der Waals surface area (Å²) in [6, 6.07) is 11.8. The van der Waals surface area contributed by atoms with E-state index in [1.807, 2.05) is 18.2 Å². The number of rotatable bonds is 5. The first-order chi connectivity index (χ1) is 12.0. The summed E-state index contributed by atoms with van der Waals surface area (Å²) in [7, 11) is 1.70. The minimum atomic E-state index is -0.554. The maximum absolute atomic E-state index is 12.4. The monoisotopic (exact) mass is 341 g/mol. The van der Waals surface area contributed by atoms with Gasteiger partial charge in [0.05, 0.1) is 5.56 Å². The molecule has 6 nitrogen and oxygen atoms in total. The van der Waals surface area contributed by atoms with Crippen LogP contribution in [0.1, 0.15) is 39.3 Å². The van der Waals surface area contributed by atoms with Crippen molar-refractivity contribution in [2.75, 3.05) is 13.1 Å². The second-order valence-electron chi connectivity index (χ2n) is 6.48. The molecule has 1 amide bonds. The summed E-state index contributed by atoms with van der Waals surface area (Å²) in [5.74, 6) is -0.970. The highest BCUT2D eigenvalue weighted by Gasteiger charge is 2.25. The van der Waals surface area contributed by atoms with E-state index in [2.05, 4.69) is 17.0 Å². The molecule has 3 rings (SSSR count). The number of esters is 1. The fraction of sp³-hybridized carbons (Fsp3) is 0.368. The van der Waals surface area contributed by atoms with Crippen LogP contribution < -0.4 is 5.73 Å². The number of carbonyl (C=O) groups excluding carboxylic acids is 2. The van der Waals surface area contributed by atoms with Crippen molar-refractivity contribution < 1.29 is 14.3 Å². The van der Waals surface area contributed by atoms with Gasteiger partial charge in [0.15, 0.2) is 0 Å². The van der Waals surface area contributed by atoms with Crippen LogP contribution in [0.2, 0.25) is 0 Å². The Morgan fingerprint density at radius 1 is 1.28 bits per heavy atom. The van der Waals surface area contributed by atoms with Gasteiger partial charge in [-0.1, -0.05) is 30.3 Å². The Kier molecular flexibility index (Phi) is 5.19. The number of likely N-dealkylation sites (tertiary alicyclic amines) is 1. The lowest BCUT2D eigenvalue weighted by atomic mass is 10.1. The summed E-state index contributed by atoms with van der Waals surface area (Å²) in [6.45, 7) is 2.57. The number of hydrogen-bond donors (Lipinski definition) is 1. The van der Waals surface area contributed by atoms with Crippen LogP contribution in [0.15, 0.2) is 42.6 Å². The van der Waals surface area contributed by atoms with Crippen molar-refractivity contribution in [1.29, 1.82) is 0 Å². The number of benzene rings is 1. The molecule has 1 aliphatic heterocycles. The molecular weight excluding hydrogens is 318 g/mol. The number of nitrogens with two attached hydrogens (primary N) is 1. The van der Waals surface area contributed by atoms with Crippen LogP contribution in [0, 0.1) is 0 Å². The van der Waals surface area contributed by atoms with Crippen LogP contribution in [0.25, 0.3) is 0 Å². The number of aromatic nitrogens is 1. The van der Waals surface area contributed by atoms with Gasteiger partial charge in [-0.25, -0.2) is 4.79 Å². The molecule has 25 heavy (non-hydrogen) atoms. The molecule has 0 saturated carbocycles. The summed E-state index contributed by atoms with van der Waals surface area (Å²) >= 11 is 0. The quantitative estimate of drug-likeness (QED) is 0.843. The first-order valence-corrected chi connectivity index (χ1v) is 8.46. The molecule has 132 valence electrons. The van der Waals surface area contributed by atoms with Gasteiger partial charge >= 0.3 is 5.97 Å². The van der Waals surface area contributed by atoms with Gasteiger partial charge in [-0.3, -0.25) is 9.69 Å². The molecule has 2 heterocycles. The molecule has 1 atom stereocenters. The van der Waals surface area contributed by atoms with E-state index < -0.39 is 11.9 Å². The van der Waals surface area contributed by atoms with E-state index in [0.717, 1.165) is 25.9 Å². The molecule has 6 heteroatoms. The summed E-state index contributed by atoms with van der Waals surface area (Å²) in [5.41, 5.74) is 7.16. The molecule has 2 N–H and O–H groups in total. The van der Waals surface area contributed by atoms with Gasteiger partial charge in [0.25, 0.3) is 0 Å². The predicted octanol–water partition coefficient (Wildman–Crippen LogP) is 1.95. The van der Waals surface area contributed by atoms with Crippen molar-refractivity contribution in [3.8, 4) is 0 Å². The number of piperidine rings is 1. The van der Waals surface area contributed by atoms with Crippen LogP contribution in [0.5, 0.6) is 0 Å². The van der Waals surface area contributed by atoms with Crippen molar-refractivity contribution >= 4 is 11.9 Å². The Hall–Kier alpha value is -2.60. The largest absolute Gasteiger partial charge is 0.456 e. The van der Waals surface area contributed by atoms with E-state index in [4.69, 9.17) is 10.5 Å². The Morgan fingerprint density at radius 3 is 2.72 bits per heavy atom. The predicted molar refractivity (Wildman–Crippen MR) is 94.1 cm³/mol. The number of ether oxygens (including phenoxy) is 1. The van der Waals surface area contributed by atoms with Gasteiger partial charge in [0, 0.05) is 26.3 Å². The molecular formula is C19H23N3O3. The highest BCUT2D eigenvalue weighted by atomic mass is 16.5. The summed E-state index contributed by atoms with van der Waals surface area (Å²) in [4.78, 5) is 26.0. The van der Waals surface area contributed by atoms with E-state index in [-0.39, 0.29) is 6.10 Å². The number of hydrogen-bond acceptors (Lipinski definition) is 4. The Bertz CT molecular complexity index is 755. The zero-order chi connectivity index (χ0) is 17.8. The number of carbonyl (C=O) groups is 2. The molecule has 1 aromatic carbocycles. The van der Waals surface area contributed by atoms with E-state index >= 15 is 0 Å². The van der Waals surface area contributed by atoms with Crippen molar-refractivity contribution in [2.45, 2.75) is 25.5 Å². The van der Waals surface area contributed by atoms with E-state index in [1.165, 1.54) is 11.6 Å². The zero-order valence-corrected chi connectivity index (χ0v) is 14.4. The fourth-order valence-corrected chi connectivity index (χ4v) is 3.21. The fourth-order valence-electron chi connectivity index (χ4n) is 3.21. The molecule has 0 unspecified atom stereocenters. The van der Waals surface area contributed by atoms with Gasteiger partial charge in [-0.2, -0.15) is 0 Å². The maximum Gasteiger partial charge on any atom is 0.355 e. The minimum Gasteiger partial charge on any atom is -0.456 e. The van der Waals surface area contributed by atoms with Gasteiger partial charge in [-0.15, -0.1) is 0 Å². The average Bonchev–Trinajstić information content (AvgIpc) is 2.98. The topological polar surface area (TPSA) is 77.6 Å². The van der Waals surface area contributed by atoms with Crippen LogP contribution in [0.4, 0.5) is 0 Å². The first kappa shape index (κ1) is 17.2. The van der Waals surface area contributed by atoms with Crippen LogP contribution >= 0.6 is 0 Å². The average molecular weight is 341 g/mol. The molecule has 0 spiro atoms. The number of amides is 1. The van der Waals surface area contributed by atoms with E-state index in [1.54, 1.807) is 17.8 Å². The van der Waals surface area contributed by atoms with Crippen molar-refractivity contribution in [1.82, 2.24) is 9.47 Å². The number of primary amides is 1. The van der Waals surface area contributed by atoms with Crippen LogP contribution in [-0.2, 0) is 18.3 Å². The third kappa shape index (κ3) is 4.28. The van der Waals surface area contributed by atoms with E-state index in [0.29, 0.717) is 17.8 Å². The van der Waals surface area contributed by atoms with Crippen molar-refractivity contribution in [2.24, 2.45) is 12.8 Å². The summed E-state index contributed by atoms with van der Waals surface area (Å²) in [6.07, 6.45) is 3.24. The minimum absolute atomic E-state index is 0.142. The third-order valence-corrected chi connectivity index (χ3v) is 4.48. The highest BCUT2D eigenvalue weighted by Crippen LogP contribution is 2.18. The molecule has 1 aliphatic rings. The first-order valence-electron chi connectivity index (χ1n) is 8.46. The molecule has 0 aliphatic carbocycles. The van der Waals surface area contributed by atoms with Gasteiger partial charge in [-0.05, 0) is 31.0 Å². The third-order valence-electron chi connectivity index (χ3n) is 4.48. The smallest absolute Gasteiger partial charge is 0.355 e. The standard InChI is InChI=1S/C19H23N3O3/c1-21-12-15(18(20)23)10-17(21)19(24)25-16-8-5-9-22(13-16)11-14-6-3-2-4-7-14/h2-4,6-7,10,12,16H,5,8-9,11,13H2,1H3,(H2,20,23)/t16-/m0/s1. The Morgan fingerprint density at radius 2 is 2.04 bits per heavy atom. The van der Waals surface area contributed by atoms with Gasteiger partial charge in [0.2, 0.25) is 5.91 Å². The summed E-state index contributed by atoms with van der Waals surface area (Å²) < 4.78 is 7.24. The summed E-state index contributed by atoms with van der Waals surface area (Å²) in [5, 5.41) is 0. The second kappa shape index (κ2) is 7.53.